The molecule has 2 aromatic carbocycles. The van der Waals surface area contributed by atoms with E-state index in [2.05, 4.69) is 15.5 Å². The highest BCUT2D eigenvalue weighted by atomic mass is 19.1. The molecule has 22 heavy (non-hydrogen) atoms. The molecule has 0 spiro atoms. The van der Waals surface area contributed by atoms with Crippen LogP contribution in [-0.2, 0) is 0 Å². The average Bonchev–Trinajstić information content (AvgIpc) is 3.04. The number of hydrogen-bond acceptors (Lipinski definition) is 4. The van der Waals surface area contributed by atoms with E-state index in [0.29, 0.717) is 22.5 Å². The number of benzene rings is 2. The first-order chi connectivity index (χ1) is 10.7. The van der Waals surface area contributed by atoms with Gasteiger partial charge in [-0.1, -0.05) is 17.3 Å². The largest absolute Gasteiger partial charge is 0.355 e. The summed E-state index contributed by atoms with van der Waals surface area (Å²) in [5.74, 6) is -0.00482. The topological polar surface area (TPSA) is 68.0 Å². The molecule has 3 aromatic rings. The number of amides is 1. The Labute approximate surface area is 125 Å². The van der Waals surface area contributed by atoms with Crippen LogP contribution in [0.15, 0.2) is 53.1 Å². The molecule has 0 aliphatic heterocycles. The van der Waals surface area contributed by atoms with Crippen molar-refractivity contribution < 1.29 is 13.7 Å². The van der Waals surface area contributed by atoms with Crippen LogP contribution < -0.4 is 5.32 Å². The maximum atomic E-state index is 12.9. The Morgan fingerprint density at radius 3 is 2.59 bits per heavy atom. The second-order valence-corrected chi connectivity index (χ2v) is 4.55. The lowest BCUT2D eigenvalue weighted by molar-refractivity contribution is 0.0963. The highest BCUT2D eigenvalue weighted by molar-refractivity contribution is 5.99. The number of carbonyl (C=O) groups excluding carboxylic acids is 1. The van der Waals surface area contributed by atoms with E-state index in [9.17, 15) is 9.18 Å². The van der Waals surface area contributed by atoms with Crippen molar-refractivity contribution in [1.29, 1.82) is 0 Å². The fourth-order valence-corrected chi connectivity index (χ4v) is 2.05. The van der Waals surface area contributed by atoms with Gasteiger partial charge in [-0.2, -0.15) is 4.98 Å². The van der Waals surface area contributed by atoms with E-state index in [1.54, 1.807) is 43.4 Å². The van der Waals surface area contributed by atoms with Crippen LogP contribution in [0.2, 0.25) is 0 Å². The van der Waals surface area contributed by atoms with E-state index in [4.69, 9.17) is 4.52 Å². The monoisotopic (exact) mass is 297 g/mol. The van der Waals surface area contributed by atoms with E-state index in [0.717, 1.165) is 0 Å². The molecule has 0 unspecified atom stereocenters. The van der Waals surface area contributed by atoms with E-state index in [1.165, 1.54) is 12.1 Å². The van der Waals surface area contributed by atoms with Crippen molar-refractivity contribution in [2.24, 2.45) is 0 Å². The first-order valence-electron chi connectivity index (χ1n) is 6.60. The van der Waals surface area contributed by atoms with Crippen LogP contribution in [0.5, 0.6) is 0 Å². The predicted molar refractivity (Wildman–Crippen MR) is 78.5 cm³/mol. The molecule has 1 heterocycles. The zero-order valence-corrected chi connectivity index (χ0v) is 11.7. The van der Waals surface area contributed by atoms with Crippen LogP contribution in [-0.4, -0.2) is 23.1 Å². The number of nitrogens with zero attached hydrogens (tertiary/aromatic N) is 2. The van der Waals surface area contributed by atoms with Gasteiger partial charge in [-0.05, 0) is 36.4 Å². The van der Waals surface area contributed by atoms with Crippen LogP contribution in [0.25, 0.3) is 22.8 Å². The van der Waals surface area contributed by atoms with Crippen molar-refractivity contribution in [2.75, 3.05) is 7.05 Å². The zero-order chi connectivity index (χ0) is 15.5. The minimum Gasteiger partial charge on any atom is -0.355 e. The third-order valence-electron chi connectivity index (χ3n) is 3.16. The molecule has 1 N–H and O–H groups in total. The predicted octanol–water partition coefficient (Wildman–Crippen LogP) is 2.90. The Morgan fingerprint density at radius 1 is 1.14 bits per heavy atom. The summed E-state index contributed by atoms with van der Waals surface area (Å²) in [4.78, 5) is 16.2. The van der Waals surface area contributed by atoms with Crippen LogP contribution in [0.4, 0.5) is 4.39 Å². The number of aromatic nitrogens is 2. The molecule has 0 radical (unpaired) electrons. The van der Waals surface area contributed by atoms with Gasteiger partial charge in [0.25, 0.3) is 11.8 Å². The molecule has 0 saturated heterocycles. The van der Waals surface area contributed by atoms with Gasteiger partial charge < -0.3 is 9.84 Å². The third-order valence-corrected chi connectivity index (χ3v) is 3.16. The number of halogens is 1. The van der Waals surface area contributed by atoms with Crippen LogP contribution in [0.1, 0.15) is 10.4 Å². The Kier molecular flexibility index (Phi) is 3.65. The molecular weight excluding hydrogens is 285 g/mol. The lowest BCUT2D eigenvalue weighted by atomic mass is 10.1. The van der Waals surface area contributed by atoms with Gasteiger partial charge in [-0.25, -0.2) is 4.39 Å². The average molecular weight is 297 g/mol. The smallest absolute Gasteiger partial charge is 0.259 e. The van der Waals surface area contributed by atoms with E-state index in [-0.39, 0.29) is 17.6 Å². The highest BCUT2D eigenvalue weighted by Crippen LogP contribution is 2.25. The second-order valence-electron chi connectivity index (χ2n) is 4.55. The minimum absolute atomic E-state index is 0.235. The molecule has 0 aliphatic carbocycles. The van der Waals surface area contributed by atoms with Crippen molar-refractivity contribution in [3.05, 3.63) is 59.9 Å². The first-order valence-corrected chi connectivity index (χ1v) is 6.60. The Balaban J connectivity index is 2.01. The number of rotatable bonds is 3. The molecule has 110 valence electrons. The zero-order valence-electron chi connectivity index (χ0n) is 11.7. The van der Waals surface area contributed by atoms with Crippen molar-refractivity contribution in [2.45, 2.75) is 0 Å². The Morgan fingerprint density at radius 2 is 1.86 bits per heavy atom. The van der Waals surface area contributed by atoms with Crippen LogP contribution in [0.3, 0.4) is 0 Å². The van der Waals surface area contributed by atoms with Crippen molar-refractivity contribution in [3.8, 4) is 22.8 Å². The van der Waals surface area contributed by atoms with Gasteiger partial charge in [0.05, 0.1) is 11.1 Å². The summed E-state index contributed by atoms with van der Waals surface area (Å²) in [5, 5.41) is 6.44. The summed E-state index contributed by atoms with van der Waals surface area (Å²) in [6.07, 6.45) is 0. The van der Waals surface area contributed by atoms with Gasteiger partial charge >= 0.3 is 0 Å². The first kappa shape index (κ1) is 13.9. The van der Waals surface area contributed by atoms with Crippen molar-refractivity contribution >= 4 is 5.91 Å². The van der Waals surface area contributed by atoms with Gasteiger partial charge in [-0.3, -0.25) is 4.79 Å². The Bertz CT molecular complexity index is 812. The van der Waals surface area contributed by atoms with Crippen molar-refractivity contribution in [3.63, 3.8) is 0 Å². The molecule has 5 nitrogen and oxygen atoms in total. The normalized spacial score (nSPS) is 10.5. The summed E-state index contributed by atoms with van der Waals surface area (Å²) < 4.78 is 18.2. The van der Waals surface area contributed by atoms with Gasteiger partial charge in [-0.15, -0.1) is 0 Å². The fraction of sp³-hybridized carbons (Fsp3) is 0.0625. The number of carbonyl (C=O) groups is 1. The maximum absolute atomic E-state index is 12.9. The summed E-state index contributed by atoms with van der Waals surface area (Å²) in [7, 11) is 1.55. The molecule has 1 aromatic heterocycles. The molecule has 0 saturated carbocycles. The SMILES string of the molecule is CNC(=O)c1ccccc1-c1nc(-c2ccc(F)cc2)no1. The van der Waals surface area contributed by atoms with Gasteiger partial charge in [0.2, 0.25) is 5.82 Å². The van der Waals surface area contributed by atoms with E-state index >= 15 is 0 Å². The summed E-state index contributed by atoms with van der Waals surface area (Å²) >= 11 is 0. The van der Waals surface area contributed by atoms with Gasteiger partial charge in [0.1, 0.15) is 5.82 Å². The van der Waals surface area contributed by atoms with Crippen molar-refractivity contribution in [1.82, 2.24) is 15.5 Å². The molecular formula is C16H12FN3O2. The third kappa shape index (κ3) is 2.58. The molecule has 1 amide bonds. The molecule has 6 heteroatoms. The maximum Gasteiger partial charge on any atom is 0.259 e. The highest BCUT2D eigenvalue weighted by Gasteiger charge is 2.17. The second kappa shape index (κ2) is 5.77. The summed E-state index contributed by atoms with van der Waals surface area (Å²) in [6.45, 7) is 0. The number of nitrogens with one attached hydrogen (secondary N) is 1. The van der Waals surface area contributed by atoms with E-state index in [1.807, 2.05) is 0 Å². The lowest BCUT2D eigenvalue weighted by Crippen LogP contribution is -2.18. The molecule has 0 aliphatic rings. The minimum atomic E-state index is -0.336. The Hall–Kier alpha value is -3.02. The molecule has 0 fully saturated rings. The van der Waals surface area contributed by atoms with Gasteiger partial charge in [0, 0.05) is 12.6 Å². The summed E-state index contributed by atoms with van der Waals surface area (Å²) in [6, 6.07) is 12.7. The number of hydrogen-bond donors (Lipinski definition) is 1. The van der Waals surface area contributed by atoms with Gasteiger partial charge in [0.15, 0.2) is 0 Å². The standard InChI is InChI=1S/C16H12FN3O2/c1-18-15(21)12-4-2-3-5-13(12)16-19-14(20-22-16)10-6-8-11(17)9-7-10/h2-9H,1H3,(H,18,21). The quantitative estimate of drug-likeness (QED) is 0.807. The fourth-order valence-electron chi connectivity index (χ4n) is 2.05. The summed E-state index contributed by atoms with van der Waals surface area (Å²) in [5.41, 5.74) is 1.62. The molecule has 0 atom stereocenters. The molecule has 3 rings (SSSR count). The lowest BCUT2D eigenvalue weighted by Gasteiger charge is -2.03. The van der Waals surface area contributed by atoms with E-state index < -0.39 is 0 Å². The van der Waals surface area contributed by atoms with Crippen LogP contribution >= 0.6 is 0 Å². The van der Waals surface area contributed by atoms with Crippen LogP contribution in [0, 0.1) is 5.82 Å². The molecule has 0 bridgehead atoms.